The van der Waals surface area contributed by atoms with Crippen LogP contribution in [0.2, 0.25) is 0 Å². The zero-order valence-electron chi connectivity index (χ0n) is 16.9. The lowest BCUT2D eigenvalue weighted by molar-refractivity contribution is 0.102. The highest BCUT2D eigenvalue weighted by Crippen LogP contribution is 2.29. The van der Waals surface area contributed by atoms with E-state index in [1.54, 1.807) is 30.8 Å². The number of carbonyl (C=O) groups excluding carboxylic acids is 1. The van der Waals surface area contributed by atoms with Crippen LogP contribution in [-0.4, -0.2) is 32.9 Å². The van der Waals surface area contributed by atoms with Crippen molar-refractivity contribution in [2.24, 2.45) is 7.05 Å². The first kappa shape index (κ1) is 18.7. The largest absolute Gasteiger partial charge is 0.497 e. The van der Waals surface area contributed by atoms with Crippen molar-refractivity contribution in [2.75, 3.05) is 12.4 Å². The number of rotatable bonds is 4. The summed E-state index contributed by atoms with van der Waals surface area (Å²) in [5, 5.41) is 11.9. The number of hydrogen-bond acceptors (Lipinski definition) is 6. The number of benzene rings is 1. The van der Waals surface area contributed by atoms with Crippen molar-refractivity contribution < 1.29 is 14.1 Å². The first-order valence-corrected chi connectivity index (χ1v) is 9.11. The molecule has 1 N–H and O–H groups in total. The maximum atomic E-state index is 13.2. The monoisotopic (exact) mass is 391 g/mol. The van der Waals surface area contributed by atoms with Crippen molar-refractivity contribution in [1.82, 2.24) is 19.9 Å². The SMILES string of the molecule is COc1ccc(NC(=O)c2cc(-c3cn(C)nc3C)nc3onc(C)c23)c(C)c1. The summed E-state index contributed by atoms with van der Waals surface area (Å²) >= 11 is 0. The van der Waals surface area contributed by atoms with Crippen LogP contribution in [0.25, 0.3) is 22.4 Å². The van der Waals surface area contributed by atoms with Crippen molar-refractivity contribution in [3.63, 3.8) is 0 Å². The van der Waals surface area contributed by atoms with Gasteiger partial charge in [0, 0.05) is 24.5 Å². The van der Waals surface area contributed by atoms with Crippen LogP contribution in [0.15, 0.2) is 35.0 Å². The van der Waals surface area contributed by atoms with E-state index in [2.05, 4.69) is 20.6 Å². The van der Waals surface area contributed by atoms with Gasteiger partial charge in [-0.05, 0) is 50.6 Å². The maximum absolute atomic E-state index is 13.2. The number of nitrogens with zero attached hydrogens (tertiary/aromatic N) is 4. The molecule has 148 valence electrons. The van der Waals surface area contributed by atoms with Crippen LogP contribution < -0.4 is 10.1 Å². The molecular weight excluding hydrogens is 370 g/mol. The molecule has 0 fully saturated rings. The predicted octanol–water partition coefficient (Wildman–Crippen LogP) is 3.81. The third-order valence-corrected chi connectivity index (χ3v) is 4.83. The van der Waals surface area contributed by atoms with E-state index in [9.17, 15) is 4.79 Å². The minimum absolute atomic E-state index is 0.264. The van der Waals surface area contributed by atoms with Crippen molar-refractivity contribution in [1.29, 1.82) is 0 Å². The Morgan fingerprint density at radius 2 is 1.97 bits per heavy atom. The Balaban J connectivity index is 1.80. The van der Waals surface area contributed by atoms with Gasteiger partial charge in [0.15, 0.2) is 0 Å². The second kappa shape index (κ2) is 7.05. The summed E-state index contributed by atoms with van der Waals surface area (Å²) in [5.41, 5.74) is 5.23. The Hall–Kier alpha value is -3.68. The summed E-state index contributed by atoms with van der Waals surface area (Å²) in [5.74, 6) is 0.468. The van der Waals surface area contributed by atoms with E-state index in [0.29, 0.717) is 33.7 Å². The van der Waals surface area contributed by atoms with Crippen molar-refractivity contribution >= 4 is 22.7 Å². The number of amides is 1. The third-order valence-electron chi connectivity index (χ3n) is 4.83. The van der Waals surface area contributed by atoms with Gasteiger partial charge < -0.3 is 14.6 Å². The normalized spacial score (nSPS) is 11.1. The van der Waals surface area contributed by atoms with Gasteiger partial charge in [0.2, 0.25) is 0 Å². The standard InChI is InChI=1S/C21H21N5O3/c1-11-8-14(28-5)6-7-17(11)22-20(27)15-9-18(16-10-26(4)24-12(16)2)23-21-19(15)13(3)25-29-21/h6-10H,1-5H3,(H,22,27). The maximum Gasteiger partial charge on any atom is 0.259 e. The van der Waals surface area contributed by atoms with Crippen LogP contribution in [0, 0.1) is 20.8 Å². The molecule has 0 atom stereocenters. The number of pyridine rings is 1. The second-order valence-electron chi connectivity index (χ2n) is 6.94. The average molecular weight is 391 g/mol. The molecule has 8 heteroatoms. The minimum Gasteiger partial charge on any atom is -0.497 e. The van der Waals surface area contributed by atoms with Crippen LogP contribution in [0.4, 0.5) is 5.69 Å². The van der Waals surface area contributed by atoms with Gasteiger partial charge in [-0.25, -0.2) is 4.98 Å². The molecule has 0 aliphatic heterocycles. The minimum atomic E-state index is -0.264. The Bertz CT molecular complexity index is 1240. The number of anilines is 1. The van der Waals surface area contributed by atoms with Crippen LogP contribution in [0.1, 0.15) is 27.3 Å². The lowest BCUT2D eigenvalue weighted by Gasteiger charge is -2.11. The van der Waals surface area contributed by atoms with Crippen LogP contribution in [0.5, 0.6) is 5.75 Å². The molecule has 0 spiro atoms. The van der Waals surface area contributed by atoms with Gasteiger partial charge in [0.1, 0.15) is 5.75 Å². The molecular formula is C21H21N5O3. The summed E-state index contributed by atoms with van der Waals surface area (Å²) in [6, 6.07) is 7.24. The summed E-state index contributed by atoms with van der Waals surface area (Å²) in [6.45, 7) is 5.60. The Labute approximate surface area is 167 Å². The zero-order chi connectivity index (χ0) is 20.7. The molecule has 3 aromatic heterocycles. The van der Waals surface area contributed by atoms with Crippen LogP contribution in [0.3, 0.4) is 0 Å². The number of methoxy groups -OCH3 is 1. The highest BCUT2D eigenvalue weighted by molar-refractivity contribution is 6.13. The Morgan fingerprint density at radius 1 is 1.17 bits per heavy atom. The Morgan fingerprint density at radius 3 is 2.62 bits per heavy atom. The molecule has 8 nitrogen and oxygen atoms in total. The quantitative estimate of drug-likeness (QED) is 0.568. The smallest absolute Gasteiger partial charge is 0.259 e. The molecule has 0 saturated heterocycles. The fourth-order valence-electron chi connectivity index (χ4n) is 3.36. The van der Waals surface area contributed by atoms with E-state index in [1.165, 1.54) is 0 Å². The van der Waals surface area contributed by atoms with Crippen LogP contribution in [-0.2, 0) is 7.05 Å². The lowest BCUT2D eigenvalue weighted by atomic mass is 10.1. The van der Waals surface area contributed by atoms with Gasteiger partial charge in [-0.3, -0.25) is 9.48 Å². The van der Waals surface area contributed by atoms with E-state index in [4.69, 9.17) is 9.26 Å². The molecule has 4 aromatic rings. The molecule has 0 radical (unpaired) electrons. The number of hydrogen-bond donors (Lipinski definition) is 1. The molecule has 1 amide bonds. The summed E-state index contributed by atoms with van der Waals surface area (Å²) in [7, 11) is 3.45. The van der Waals surface area contributed by atoms with E-state index >= 15 is 0 Å². The number of ether oxygens (including phenoxy) is 1. The predicted molar refractivity (Wildman–Crippen MR) is 109 cm³/mol. The van der Waals surface area contributed by atoms with Crippen LogP contribution >= 0.6 is 0 Å². The molecule has 3 heterocycles. The topological polar surface area (TPSA) is 95.1 Å². The molecule has 4 rings (SSSR count). The van der Waals surface area contributed by atoms with Gasteiger partial charge in [-0.1, -0.05) is 5.16 Å². The van der Waals surface area contributed by atoms with E-state index in [-0.39, 0.29) is 5.91 Å². The summed E-state index contributed by atoms with van der Waals surface area (Å²) in [6.07, 6.45) is 1.86. The second-order valence-corrected chi connectivity index (χ2v) is 6.94. The van der Waals surface area contributed by atoms with Gasteiger partial charge in [0.05, 0.1) is 35.1 Å². The average Bonchev–Trinajstić information content (AvgIpc) is 3.24. The number of carbonyl (C=O) groups is 1. The van der Waals surface area contributed by atoms with Gasteiger partial charge >= 0.3 is 0 Å². The summed E-state index contributed by atoms with van der Waals surface area (Å²) < 4.78 is 12.3. The van der Waals surface area contributed by atoms with Crippen molar-refractivity contribution in [2.45, 2.75) is 20.8 Å². The van der Waals surface area contributed by atoms with Gasteiger partial charge in [-0.2, -0.15) is 5.10 Å². The molecule has 0 unspecified atom stereocenters. The molecule has 0 bridgehead atoms. The number of aryl methyl sites for hydroxylation is 4. The number of fused-ring (bicyclic) bond motifs is 1. The number of nitrogens with one attached hydrogen (secondary N) is 1. The molecule has 0 aliphatic rings. The molecule has 0 aliphatic carbocycles. The first-order valence-electron chi connectivity index (χ1n) is 9.11. The Kier molecular flexibility index (Phi) is 4.54. The van der Waals surface area contributed by atoms with E-state index in [1.807, 2.05) is 39.2 Å². The van der Waals surface area contributed by atoms with Gasteiger partial charge in [0.25, 0.3) is 11.6 Å². The fourth-order valence-corrected chi connectivity index (χ4v) is 3.36. The third kappa shape index (κ3) is 3.33. The molecule has 1 aromatic carbocycles. The summed E-state index contributed by atoms with van der Waals surface area (Å²) in [4.78, 5) is 17.7. The van der Waals surface area contributed by atoms with Crippen molar-refractivity contribution in [3.8, 4) is 17.0 Å². The number of aromatic nitrogens is 4. The fraction of sp³-hybridized carbons (Fsp3) is 0.238. The van der Waals surface area contributed by atoms with E-state index < -0.39 is 0 Å². The highest BCUT2D eigenvalue weighted by Gasteiger charge is 2.21. The lowest BCUT2D eigenvalue weighted by Crippen LogP contribution is -2.14. The zero-order valence-corrected chi connectivity index (χ0v) is 16.9. The highest BCUT2D eigenvalue weighted by atomic mass is 16.5. The van der Waals surface area contributed by atoms with Crippen molar-refractivity contribution in [3.05, 3.63) is 53.0 Å². The van der Waals surface area contributed by atoms with Gasteiger partial charge in [-0.15, -0.1) is 0 Å². The van der Waals surface area contributed by atoms with E-state index in [0.717, 1.165) is 22.6 Å². The molecule has 29 heavy (non-hydrogen) atoms. The first-order chi connectivity index (χ1) is 13.9. The molecule has 0 saturated carbocycles.